The van der Waals surface area contributed by atoms with Gasteiger partial charge in [-0.2, -0.15) is 0 Å². The van der Waals surface area contributed by atoms with E-state index < -0.39 is 6.04 Å². The van der Waals surface area contributed by atoms with Crippen molar-refractivity contribution >= 4 is 23.4 Å². The van der Waals surface area contributed by atoms with E-state index >= 15 is 0 Å². The Kier molecular flexibility index (Phi) is 8.22. The van der Waals surface area contributed by atoms with E-state index in [2.05, 4.69) is 10.3 Å². The van der Waals surface area contributed by atoms with Gasteiger partial charge in [0.15, 0.2) is 0 Å². The van der Waals surface area contributed by atoms with Gasteiger partial charge in [-0.3, -0.25) is 14.6 Å². The van der Waals surface area contributed by atoms with Crippen LogP contribution >= 0.6 is 11.6 Å². The molecule has 1 N–H and O–H groups in total. The lowest BCUT2D eigenvalue weighted by atomic mass is 10.1. The van der Waals surface area contributed by atoms with Crippen LogP contribution in [0, 0.1) is 0 Å². The first kappa shape index (κ1) is 23.3. The lowest BCUT2D eigenvalue weighted by Gasteiger charge is -2.29. The lowest BCUT2D eigenvalue weighted by Crippen LogP contribution is -2.48. The fourth-order valence-corrected chi connectivity index (χ4v) is 3.34. The third-order valence-electron chi connectivity index (χ3n) is 5.12. The number of hydrogen-bond donors (Lipinski definition) is 1. The number of nitrogens with one attached hydrogen (secondary N) is 1. The summed E-state index contributed by atoms with van der Waals surface area (Å²) in [6.07, 6.45) is 1.85. The Balaban J connectivity index is 1.74. The fourth-order valence-electron chi connectivity index (χ4n) is 3.22. The molecular formula is C25H26ClN3O3. The zero-order valence-electron chi connectivity index (χ0n) is 18.1. The van der Waals surface area contributed by atoms with Crippen LogP contribution in [0.3, 0.4) is 0 Å². The van der Waals surface area contributed by atoms with Gasteiger partial charge in [-0.05, 0) is 54.4 Å². The SMILES string of the molecule is COc1ccc(CN(C(=O)Cc2ccc(Cl)cc2)[C@H](C)C(=O)NCc2ccccn2)cc1. The summed E-state index contributed by atoms with van der Waals surface area (Å²) < 4.78 is 5.21. The summed E-state index contributed by atoms with van der Waals surface area (Å²) in [6, 6.07) is 19.4. The Morgan fingerprint density at radius 1 is 1.03 bits per heavy atom. The number of amides is 2. The van der Waals surface area contributed by atoms with Crippen molar-refractivity contribution in [3.05, 3.63) is 94.8 Å². The molecule has 32 heavy (non-hydrogen) atoms. The molecule has 0 unspecified atom stereocenters. The molecule has 3 aromatic rings. The van der Waals surface area contributed by atoms with Gasteiger partial charge in [-0.1, -0.05) is 41.9 Å². The summed E-state index contributed by atoms with van der Waals surface area (Å²) in [7, 11) is 1.60. The molecule has 0 aliphatic heterocycles. The van der Waals surface area contributed by atoms with E-state index in [1.54, 1.807) is 37.3 Å². The Morgan fingerprint density at radius 2 is 1.72 bits per heavy atom. The Hall–Kier alpha value is -3.38. The number of pyridine rings is 1. The van der Waals surface area contributed by atoms with Gasteiger partial charge in [0.05, 0.1) is 25.8 Å². The molecule has 0 aliphatic rings. The fraction of sp³-hybridized carbons (Fsp3) is 0.240. The number of aromatic nitrogens is 1. The van der Waals surface area contributed by atoms with Crippen molar-refractivity contribution in [2.75, 3.05) is 7.11 Å². The zero-order chi connectivity index (χ0) is 22.9. The lowest BCUT2D eigenvalue weighted by molar-refractivity contribution is -0.140. The number of hydrogen-bond acceptors (Lipinski definition) is 4. The maximum absolute atomic E-state index is 13.2. The normalized spacial score (nSPS) is 11.5. The molecule has 2 amide bonds. The molecule has 1 atom stereocenters. The summed E-state index contributed by atoms with van der Waals surface area (Å²) in [6.45, 7) is 2.33. The number of halogens is 1. The van der Waals surface area contributed by atoms with Crippen molar-refractivity contribution in [2.24, 2.45) is 0 Å². The molecule has 0 spiro atoms. The molecule has 2 aromatic carbocycles. The highest BCUT2D eigenvalue weighted by Gasteiger charge is 2.26. The minimum atomic E-state index is -0.666. The molecule has 7 heteroatoms. The second kappa shape index (κ2) is 11.3. The molecule has 1 aromatic heterocycles. The van der Waals surface area contributed by atoms with Crippen molar-refractivity contribution < 1.29 is 14.3 Å². The molecule has 6 nitrogen and oxygen atoms in total. The quantitative estimate of drug-likeness (QED) is 0.533. The molecule has 1 heterocycles. The average Bonchev–Trinajstić information content (AvgIpc) is 2.83. The van der Waals surface area contributed by atoms with Crippen LogP contribution in [-0.4, -0.2) is 34.8 Å². The Morgan fingerprint density at radius 3 is 2.34 bits per heavy atom. The number of ether oxygens (including phenoxy) is 1. The standard InChI is InChI=1S/C25H26ClN3O3/c1-18(25(31)28-16-22-5-3-4-14-27-22)29(17-20-8-12-23(32-2)13-9-20)24(30)15-19-6-10-21(26)11-7-19/h3-14,18H,15-17H2,1-2H3,(H,28,31)/t18-/m1/s1. The van der Waals surface area contributed by atoms with E-state index in [1.165, 1.54) is 0 Å². The number of carbonyl (C=O) groups is 2. The maximum Gasteiger partial charge on any atom is 0.242 e. The molecule has 166 valence electrons. The van der Waals surface area contributed by atoms with Gasteiger partial charge in [-0.25, -0.2) is 0 Å². The predicted molar refractivity (Wildman–Crippen MR) is 124 cm³/mol. The molecule has 0 fully saturated rings. The molecule has 0 saturated heterocycles. The monoisotopic (exact) mass is 451 g/mol. The topological polar surface area (TPSA) is 71.5 Å². The van der Waals surface area contributed by atoms with Gasteiger partial charge in [0, 0.05) is 17.8 Å². The zero-order valence-corrected chi connectivity index (χ0v) is 18.9. The summed E-state index contributed by atoms with van der Waals surface area (Å²) >= 11 is 5.96. The first-order valence-corrected chi connectivity index (χ1v) is 10.7. The van der Waals surface area contributed by atoms with Crippen LogP contribution in [0.4, 0.5) is 0 Å². The van der Waals surface area contributed by atoms with E-state index in [9.17, 15) is 9.59 Å². The average molecular weight is 452 g/mol. The second-order valence-corrected chi connectivity index (χ2v) is 7.82. The van der Waals surface area contributed by atoms with Crippen LogP contribution in [-0.2, 0) is 29.1 Å². The first-order valence-electron chi connectivity index (χ1n) is 10.3. The van der Waals surface area contributed by atoms with E-state index in [-0.39, 0.29) is 18.2 Å². The van der Waals surface area contributed by atoms with E-state index in [1.807, 2.05) is 54.6 Å². The molecule has 3 rings (SSSR count). The summed E-state index contributed by atoms with van der Waals surface area (Å²) in [4.78, 5) is 31.9. The summed E-state index contributed by atoms with van der Waals surface area (Å²) in [5.74, 6) is 0.339. The minimum absolute atomic E-state index is 0.149. The van der Waals surface area contributed by atoms with Crippen LogP contribution in [0.25, 0.3) is 0 Å². The van der Waals surface area contributed by atoms with E-state index in [0.717, 1.165) is 22.6 Å². The third-order valence-corrected chi connectivity index (χ3v) is 5.37. The number of rotatable bonds is 9. The largest absolute Gasteiger partial charge is 0.497 e. The van der Waals surface area contributed by atoms with Crippen molar-refractivity contribution in [1.82, 2.24) is 15.2 Å². The van der Waals surface area contributed by atoms with Crippen LogP contribution in [0.2, 0.25) is 5.02 Å². The predicted octanol–water partition coefficient (Wildman–Crippen LogP) is 4.02. The molecule has 0 aliphatic carbocycles. The van der Waals surface area contributed by atoms with Crippen LogP contribution in [0.15, 0.2) is 72.9 Å². The highest BCUT2D eigenvalue weighted by Crippen LogP contribution is 2.17. The van der Waals surface area contributed by atoms with Gasteiger partial charge < -0.3 is 15.0 Å². The van der Waals surface area contributed by atoms with Crippen LogP contribution in [0.1, 0.15) is 23.7 Å². The summed E-state index contributed by atoms with van der Waals surface area (Å²) in [5, 5.41) is 3.49. The Bertz CT molecular complexity index is 1020. The van der Waals surface area contributed by atoms with Gasteiger partial charge in [0.2, 0.25) is 11.8 Å². The number of carbonyl (C=O) groups excluding carboxylic acids is 2. The van der Waals surface area contributed by atoms with Gasteiger partial charge in [0.25, 0.3) is 0 Å². The minimum Gasteiger partial charge on any atom is -0.497 e. The van der Waals surface area contributed by atoms with E-state index in [4.69, 9.17) is 16.3 Å². The number of nitrogens with zero attached hydrogens (tertiary/aromatic N) is 2. The molecule has 0 bridgehead atoms. The van der Waals surface area contributed by atoms with Crippen molar-refractivity contribution in [1.29, 1.82) is 0 Å². The first-order chi connectivity index (χ1) is 15.5. The van der Waals surface area contributed by atoms with Gasteiger partial charge >= 0.3 is 0 Å². The molecule has 0 saturated carbocycles. The second-order valence-electron chi connectivity index (χ2n) is 7.39. The smallest absolute Gasteiger partial charge is 0.242 e. The molecular weight excluding hydrogens is 426 g/mol. The maximum atomic E-state index is 13.2. The van der Waals surface area contributed by atoms with Crippen molar-refractivity contribution in [3.63, 3.8) is 0 Å². The van der Waals surface area contributed by atoms with Crippen molar-refractivity contribution in [2.45, 2.75) is 32.5 Å². The Labute approximate surface area is 193 Å². The number of benzene rings is 2. The molecule has 0 radical (unpaired) electrons. The summed E-state index contributed by atoms with van der Waals surface area (Å²) in [5.41, 5.74) is 2.49. The number of methoxy groups -OCH3 is 1. The van der Waals surface area contributed by atoms with Crippen LogP contribution < -0.4 is 10.1 Å². The van der Waals surface area contributed by atoms with Gasteiger partial charge in [-0.15, -0.1) is 0 Å². The van der Waals surface area contributed by atoms with Gasteiger partial charge in [0.1, 0.15) is 11.8 Å². The highest BCUT2D eigenvalue weighted by molar-refractivity contribution is 6.30. The third kappa shape index (κ3) is 6.56. The van der Waals surface area contributed by atoms with Crippen LogP contribution in [0.5, 0.6) is 5.75 Å². The van der Waals surface area contributed by atoms with E-state index in [0.29, 0.717) is 18.1 Å². The van der Waals surface area contributed by atoms with Crippen molar-refractivity contribution in [3.8, 4) is 5.75 Å². The highest BCUT2D eigenvalue weighted by atomic mass is 35.5.